The van der Waals surface area contributed by atoms with Gasteiger partial charge in [0, 0.05) is 12.3 Å². The molecule has 0 spiro atoms. The number of rotatable bonds is 7. The van der Waals surface area contributed by atoms with Gasteiger partial charge in [-0.3, -0.25) is 19.1 Å². The highest BCUT2D eigenvalue weighted by molar-refractivity contribution is 7.91. The fraction of sp³-hybridized carbons (Fsp3) is 0.600. The van der Waals surface area contributed by atoms with Gasteiger partial charge in [0.05, 0.1) is 30.0 Å². The van der Waals surface area contributed by atoms with Crippen molar-refractivity contribution in [2.75, 3.05) is 13.7 Å². The molecule has 2 aliphatic heterocycles. The summed E-state index contributed by atoms with van der Waals surface area (Å²) in [6.07, 6.45) is 5.79. The third-order valence-corrected chi connectivity index (χ3v) is 11.2. The molecular weight excluding hydrogens is 684 g/mol. The first-order valence-corrected chi connectivity index (χ1v) is 18.8. The molecule has 16 heteroatoms. The Morgan fingerprint density at radius 1 is 0.961 bits per heavy atom. The van der Waals surface area contributed by atoms with Crippen LogP contribution in [-0.4, -0.2) is 97.3 Å². The lowest BCUT2D eigenvalue weighted by molar-refractivity contribution is -0.141. The van der Waals surface area contributed by atoms with E-state index in [1.54, 1.807) is 20.8 Å². The van der Waals surface area contributed by atoms with Gasteiger partial charge >= 0.3 is 18.0 Å². The molecule has 0 bridgehead atoms. The molecule has 2 aliphatic carbocycles. The van der Waals surface area contributed by atoms with Gasteiger partial charge in [-0.25, -0.2) is 22.8 Å². The molecule has 3 N–H and O–H groups in total. The predicted molar refractivity (Wildman–Crippen MR) is 182 cm³/mol. The van der Waals surface area contributed by atoms with Gasteiger partial charge in [0.25, 0.3) is 5.91 Å². The van der Waals surface area contributed by atoms with Crippen LogP contribution in [0.15, 0.2) is 36.4 Å². The van der Waals surface area contributed by atoms with Crippen molar-refractivity contribution in [3.63, 3.8) is 0 Å². The largest absolute Gasteiger partial charge is 0.465 e. The standard InChI is InChI=1S/C35H46N4O11S/c1-34(2,3)50-33(45)36-26-11-9-7-5-6-8-10-23-19-35(23,32(44)38-51(46,47)25-16-17-25)37-28(40)27-18-24(20-39(27)29(26)41)49-31(43)22-14-12-21(13-15-22)30(42)48-4/h8,10,12-15,23-27H,5-7,9,11,16-20H2,1-4H3,(H,36,45)(H,37,40)(H,38,44)/b10-8-/t23-,24-,26+,27+,35-/m1/s1. The first-order valence-electron chi connectivity index (χ1n) is 17.3. The van der Waals surface area contributed by atoms with E-state index >= 15 is 0 Å². The van der Waals surface area contributed by atoms with Crippen molar-refractivity contribution >= 4 is 45.8 Å². The highest BCUT2D eigenvalue weighted by atomic mass is 32.2. The molecule has 5 rings (SSSR count). The monoisotopic (exact) mass is 730 g/mol. The molecule has 15 nitrogen and oxygen atoms in total. The lowest BCUT2D eigenvalue weighted by atomic mass is 10.0. The van der Waals surface area contributed by atoms with Crippen LogP contribution in [0.3, 0.4) is 0 Å². The summed E-state index contributed by atoms with van der Waals surface area (Å²) in [6, 6.07) is 3.27. The Balaban J connectivity index is 1.41. The summed E-state index contributed by atoms with van der Waals surface area (Å²) in [5.41, 5.74) is -2.06. The number of allylic oxidation sites excluding steroid dienone is 1. The summed E-state index contributed by atoms with van der Waals surface area (Å²) in [6.45, 7) is 4.87. The van der Waals surface area contributed by atoms with Gasteiger partial charge in [0.1, 0.15) is 29.3 Å². The average Bonchev–Trinajstić information content (AvgIpc) is 3.99. The van der Waals surface area contributed by atoms with Crippen molar-refractivity contribution in [3.8, 4) is 0 Å². The predicted octanol–water partition coefficient (Wildman–Crippen LogP) is 2.50. The molecule has 0 aromatic heterocycles. The molecule has 1 aromatic rings. The second-order valence-electron chi connectivity index (χ2n) is 14.6. The van der Waals surface area contributed by atoms with Gasteiger partial charge in [-0.05, 0) is 83.6 Å². The van der Waals surface area contributed by atoms with E-state index in [4.69, 9.17) is 14.2 Å². The van der Waals surface area contributed by atoms with Gasteiger partial charge in [-0.2, -0.15) is 0 Å². The van der Waals surface area contributed by atoms with Crippen molar-refractivity contribution in [1.29, 1.82) is 0 Å². The molecule has 4 aliphatic rings. The normalized spacial score (nSPS) is 27.6. The molecule has 51 heavy (non-hydrogen) atoms. The molecule has 4 amide bonds. The molecule has 1 aromatic carbocycles. The number of hydrogen-bond acceptors (Lipinski definition) is 11. The van der Waals surface area contributed by atoms with Crippen LogP contribution in [0.25, 0.3) is 0 Å². The summed E-state index contributed by atoms with van der Waals surface area (Å²) in [5.74, 6) is -4.00. The number of esters is 2. The second kappa shape index (κ2) is 15.0. The van der Waals surface area contributed by atoms with Crippen LogP contribution in [-0.2, 0) is 38.6 Å². The molecule has 2 heterocycles. The number of carbonyl (C=O) groups is 6. The van der Waals surface area contributed by atoms with E-state index in [1.807, 2.05) is 12.2 Å². The topological polar surface area (TPSA) is 204 Å². The van der Waals surface area contributed by atoms with E-state index < -0.39 is 86.3 Å². The highest BCUT2D eigenvalue weighted by Gasteiger charge is 2.62. The summed E-state index contributed by atoms with van der Waals surface area (Å²) >= 11 is 0. The Labute approximate surface area is 297 Å². The number of hydrogen-bond donors (Lipinski definition) is 3. The van der Waals surface area contributed by atoms with Gasteiger partial charge < -0.3 is 29.7 Å². The number of methoxy groups -OCH3 is 1. The van der Waals surface area contributed by atoms with Crippen molar-refractivity contribution in [1.82, 2.24) is 20.3 Å². The molecular formula is C35H46N4O11S. The fourth-order valence-electron chi connectivity index (χ4n) is 6.38. The molecule has 1 saturated heterocycles. The van der Waals surface area contributed by atoms with Crippen LogP contribution in [0.1, 0.15) is 99.3 Å². The molecule has 5 atom stereocenters. The zero-order chi connectivity index (χ0) is 37.1. The third-order valence-electron chi connectivity index (χ3n) is 9.35. The Kier molecular flexibility index (Phi) is 11.1. The number of nitrogens with zero attached hydrogens (tertiary/aromatic N) is 1. The third kappa shape index (κ3) is 9.26. The highest BCUT2D eigenvalue weighted by Crippen LogP contribution is 2.46. The number of alkyl carbamates (subject to hydrolysis) is 1. The summed E-state index contributed by atoms with van der Waals surface area (Å²) in [5, 5.41) is 4.77. The zero-order valence-electron chi connectivity index (χ0n) is 29.3. The fourth-order valence-corrected chi connectivity index (χ4v) is 7.74. The molecule has 0 radical (unpaired) electrons. The molecule has 3 fully saturated rings. The minimum Gasteiger partial charge on any atom is -0.465 e. The van der Waals surface area contributed by atoms with Crippen LogP contribution >= 0.6 is 0 Å². The minimum absolute atomic E-state index is 0.118. The van der Waals surface area contributed by atoms with Gasteiger partial charge in [-0.15, -0.1) is 0 Å². The van der Waals surface area contributed by atoms with Crippen LogP contribution in [0.2, 0.25) is 0 Å². The number of ether oxygens (including phenoxy) is 3. The van der Waals surface area contributed by atoms with Crippen LogP contribution < -0.4 is 15.4 Å². The maximum absolute atomic E-state index is 14.2. The van der Waals surface area contributed by atoms with Crippen molar-refractivity contribution in [2.45, 2.75) is 113 Å². The maximum atomic E-state index is 14.2. The van der Waals surface area contributed by atoms with Gasteiger partial charge in [0.15, 0.2) is 0 Å². The van der Waals surface area contributed by atoms with E-state index in [0.717, 1.165) is 12.8 Å². The second-order valence-corrected chi connectivity index (χ2v) is 16.5. The van der Waals surface area contributed by atoms with Gasteiger partial charge in [0.2, 0.25) is 21.8 Å². The first-order chi connectivity index (χ1) is 24.0. The Bertz CT molecular complexity index is 1680. The summed E-state index contributed by atoms with van der Waals surface area (Å²) in [4.78, 5) is 81.0. The Morgan fingerprint density at radius 3 is 2.25 bits per heavy atom. The summed E-state index contributed by atoms with van der Waals surface area (Å²) in [7, 11) is -2.69. The quantitative estimate of drug-likeness (QED) is 0.211. The zero-order valence-corrected chi connectivity index (χ0v) is 30.1. The van der Waals surface area contributed by atoms with Crippen molar-refractivity contribution < 1.29 is 51.4 Å². The number of amides is 4. The number of benzene rings is 1. The number of sulfonamides is 1. The Hall–Kier alpha value is -4.47. The lowest BCUT2D eigenvalue weighted by Gasteiger charge is -2.30. The Morgan fingerprint density at radius 2 is 1.63 bits per heavy atom. The SMILES string of the molecule is COC(=O)c1ccc(C(=O)O[C@@H]2C[C@H]3C(=O)N[C@]4(C(=O)NS(=O)(=O)C5CC5)C[C@H]4/C=C\CCCCC[C@H](NC(=O)OC(C)(C)C)C(=O)N3C2)cc1. The van der Waals surface area contributed by atoms with Crippen LogP contribution in [0.5, 0.6) is 0 Å². The number of nitrogens with one attached hydrogen (secondary N) is 3. The van der Waals surface area contributed by atoms with E-state index in [1.165, 1.54) is 36.3 Å². The lowest BCUT2D eigenvalue weighted by Crippen LogP contribution is -2.58. The van der Waals surface area contributed by atoms with Crippen molar-refractivity contribution in [3.05, 3.63) is 47.5 Å². The van der Waals surface area contributed by atoms with E-state index in [-0.39, 0.29) is 36.9 Å². The van der Waals surface area contributed by atoms with E-state index in [9.17, 15) is 37.2 Å². The number of carbonyl (C=O) groups excluding carboxylic acids is 6. The van der Waals surface area contributed by atoms with Crippen LogP contribution in [0, 0.1) is 5.92 Å². The molecule has 2 saturated carbocycles. The minimum atomic E-state index is -3.92. The number of fused-ring (bicyclic) bond motifs is 2. The smallest absolute Gasteiger partial charge is 0.408 e. The molecule has 0 unspecified atom stereocenters. The maximum Gasteiger partial charge on any atom is 0.408 e. The van der Waals surface area contributed by atoms with E-state index in [0.29, 0.717) is 25.7 Å². The first kappa shape index (κ1) is 37.8. The van der Waals surface area contributed by atoms with Gasteiger partial charge in [-0.1, -0.05) is 25.0 Å². The van der Waals surface area contributed by atoms with Crippen molar-refractivity contribution in [2.24, 2.45) is 5.92 Å². The van der Waals surface area contributed by atoms with E-state index in [2.05, 4.69) is 15.4 Å². The van der Waals surface area contributed by atoms with Crippen LogP contribution in [0.4, 0.5) is 4.79 Å². The average molecular weight is 731 g/mol. The molecule has 278 valence electrons. The summed E-state index contributed by atoms with van der Waals surface area (Å²) < 4.78 is 43.5.